The van der Waals surface area contributed by atoms with Crippen molar-refractivity contribution in [1.29, 1.82) is 0 Å². The topological polar surface area (TPSA) is 29.3 Å². The Bertz CT molecular complexity index is 402. The molecule has 0 bridgehead atoms. The molecule has 2 nitrogen and oxygen atoms in total. The molecule has 0 aliphatic rings. The van der Waals surface area contributed by atoms with Gasteiger partial charge in [0.05, 0.1) is 12.1 Å². The number of para-hydroxylation sites is 1. The van der Waals surface area contributed by atoms with Crippen LogP contribution in [0, 0.1) is 5.82 Å². The maximum Gasteiger partial charge on any atom is 0.390 e. The molecule has 0 aromatic heterocycles. The number of benzene rings is 1. The predicted octanol–water partition coefficient (Wildman–Crippen LogP) is 3.23. The number of nitrogens with zero attached hydrogens (tertiary/aromatic N) is 1. The number of alkyl halides is 3. The van der Waals surface area contributed by atoms with Crippen LogP contribution >= 0.6 is 0 Å². The van der Waals surface area contributed by atoms with Crippen LogP contribution in [0.1, 0.15) is 24.9 Å². The minimum absolute atomic E-state index is 0.136. The van der Waals surface area contributed by atoms with Crippen LogP contribution in [0.3, 0.4) is 0 Å². The largest absolute Gasteiger partial charge is 0.390 e. The first-order chi connectivity index (χ1) is 8.22. The van der Waals surface area contributed by atoms with E-state index in [2.05, 4.69) is 0 Å². The van der Waals surface area contributed by atoms with Crippen molar-refractivity contribution in [3.8, 4) is 0 Å². The summed E-state index contributed by atoms with van der Waals surface area (Å²) in [5, 5.41) is 0. The molecule has 0 amide bonds. The van der Waals surface area contributed by atoms with Crippen LogP contribution in [-0.2, 0) is 0 Å². The normalized spacial score (nSPS) is 13.5. The van der Waals surface area contributed by atoms with E-state index in [1.165, 1.54) is 24.1 Å². The van der Waals surface area contributed by atoms with Crippen LogP contribution < -0.4 is 10.6 Å². The fraction of sp³-hybridized carbons (Fsp3) is 0.500. The summed E-state index contributed by atoms with van der Waals surface area (Å²) in [5.74, 6) is -0.561. The second-order valence-corrected chi connectivity index (χ2v) is 4.25. The van der Waals surface area contributed by atoms with Gasteiger partial charge >= 0.3 is 6.18 Å². The van der Waals surface area contributed by atoms with E-state index in [9.17, 15) is 17.6 Å². The Hall–Kier alpha value is -1.30. The van der Waals surface area contributed by atoms with Crippen LogP contribution in [0.15, 0.2) is 18.2 Å². The zero-order chi connectivity index (χ0) is 13.9. The highest BCUT2D eigenvalue weighted by Crippen LogP contribution is 2.29. The van der Waals surface area contributed by atoms with Gasteiger partial charge in [-0.25, -0.2) is 4.39 Å². The molecule has 0 saturated carbocycles. The number of anilines is 1. The summed E-state index contributed by atoms with van der Waals surface area (Å²) in [5.41, 5.74) is 6.32. The predicted molar refractivity (Wildman–Crippen MR) is 62.9 cm³/mol. The molecule has 0 saturated heterocycles. The fourth-order valence-electron chi connectivity index (χ4n) is 1.71. The van der Waals surface area contributed by atoms with E-state index in [0.717, 1.165) is 0 Å². The summed E-state index contributed by atoms with van der Waals surface area (Å²) in [6.07, 6.45) is -5.25. The van der Waals surface area contributed by atoms with Crippen molar-refractivity contribution in [3.63, 3.8) is 0 Å². The van der Waals surface area contributed by atoms with E-state index < -0.39 is 24.5 Å². The van der Waals surface area contributed by atoms with Gasteiger partial charge in [-0.15, -0.1) is 0 Å². The molecule has 1 rings (SSSR count). The third kappa shape index (κ3) is 3.87. The molecule has 2 N–H and O–H groups in total. The minimum atomic E-state index is -4.26. The molecule has 0 radical (unpaired) electrons. The lowest BCUT2D eigenvalue weighted by molar-refractivity contribution is -0.132. The highest BCUT2D eigenvalue weighted by molar-refractivity contribution is 5.55. The van der Waals surface area contributed by atoms with Crippen molar-refractivity contribution in [2.45, 2.75) is 25.6 Å². The quantitative estimate of drug-likeness (QED) is 0.846. The van der Waals surface area contributed by atoms with E-state index in [0.29, 0.717) is 5.56 Å². The van der Waals surface area contributed by atoms with Crippen molar-refractivity contribution in [1.82, 2.24) is 0 Å². The summed E-state index contributed by atoms with van der Waals surface area (Å²) >= 11 is 0. The lowest BCUT2D eigenvalue weighted by Crippen LogP contribution is -2.26. The van der Waals surface area contributed by atoms with Crippen molar-refractivity contribution in [2.24, 2.45) is 5.73 Å². The molecule has 6 heteroatoms. The van der Waals surface area contributed by atoms with Crippen LogP contribution in [-0.4, -0.2) is 19.8 Å². The number of nitrogens with two attached hydrogens (primary N) is 1. The van der Waals surface area contributed by atoms with E-state index in [1.807, 2.05) is 0 Å². The first-order valence-electron chi connectivity index (χ1n) is 5.54. The van der Waals surface area contributed by atoms with Crippen molar-refractivity contribution >= 4 is 5.69 Å². The van der Waals surface area contributed by atoms with Crippen LogP contribution in [0.5, 0.6) is 0 Å². The Morgan fingerprint density at radius 2 is 1.94 bits per heavy atom. The van der Waals surface area contributed by atoms with Gasteiger partial charge in [0.25, 0.3) is 0 Å². The summed E-state index contributed by atoms with van der Waals surface area (Å²) < 4.78 is 50.1. The molecule has 18 heavy (non-hydrogen) atoms. The third-order valence-electron chi connectivity index (χ3n) is 2.62. The third-order valence-corrected chi connectivity index (χ3v) is 2.62. The molecule has 1 aromatic carbocycles. The highest BCUT2D eigenvalue weighted by Gasteiger charge is 2.28. The zero-order valence-corrected chi connectivity index (χ0v) is 10.3. The second kappa shape index (κ2) is 5.56. The molecule has 1 aromatic rings. The molecule has 1 atom stereocenters. The Labute approximate surface area is 103 Å². The van der Waals surface area contributed by atoms with Gasteiger partial charge in [0, 0.05) is 19.6 Å². The molecule has 0 heterocycles. The van der Waals surface area contributed by atoms with E-state index in [4.69, 9.17) is 5.73 Å². The van der Waals surface area contributed by atoms with Gasteiger partial charge in [0.2, 0.25) is 0 Å². The SMILES string of the molecule is C[C@H](N)c1cccc(F)c1N(C)CCC(F)(F)F. The molecular formula is C12H16F4N2. The van der Waals surface area contributed by atoms with E-state index in [1.54, 1.807) is 13.0 Å². The molecule has 0 aliphatic heterocycles. The summed E-state index contributed by atoms with van der Waals surface area (Å²) in [6, 6.07) is 3.89. The average molecular weight is 264 g/mol. The van der Waals surface area contributed by atoms with Gasteiger partial charge in [-0.2, -0.15) is 13.2 Å². The van der Waals surface area contributed by atoms with E-state index in [-0.39, 0.29) is 12.2 Å². The maximum absolute atomic E-state index is 13.7. The first-order valence-corrected chi connectivity index (χ1v) is 5.54. The summed E-state index contributed by atoms with van der Waals surface area (Å²) in [7, 11) is 1.43. The number of hydrogen-bond acceptors (Lipinski definition) is 2. The average Bonchev–Trinajstić information content (AvgIpc) is 2.24. The number of halogens is 4. The number of hydrogen-bond donors (Lipinski definition) is 1. The van der Waals surface area contributed by atoms with Gasteiger partial charge in [-0.1, -0.05) is 12.1 Å². The van der Waals surface area contributed by atoms with Crippen molar-refractivity contribution in [2.75, 3.05) is 18.5 Å². The maximum atomic E-state index is 13.7. The fourth-order valence-corrected chi connectivity index (χ4v) is 1.71. The van der Waals surface area contributed by atoms with Gasteiger partial charge in [-0.05, 0) is 18.6 Å². The van der Waals surface area contributed by atoms with Crippen LogP contribution in [0.2, 0.25) is 0 Å². The van der Waals surface area contributed by atoms with E-state index >= 15 is 0 Å². The van der Waals surface area contributed by atoms with Gasteiger partial charge in [-0.3, -0.25) is 0 Å². The lowest BCUT2D eigenvalue weighted by Gasteiger charge is -2.25. The standard InChI is InChI=1S/C12H16F4N2/c1-8(17)9-4-3-5-10(13)11(9)18(2)7-6-12(14,15)16/h3-5,8H,6-7,17H2,1-2H3/t8-/m0/s1. The zero-order valence-electron chi connectivity index (χ0n) is 10.3. The van der Waals surface area contributed by atoms with Crippen molar-refractivity contribution in [3.05, 3.63) is 29.6 Å². The molecule has 0 fully saturated rings. The van der Waals surface area contributed by atoms with Gasteiger partial charge in [0.15, 0.2) is 0 Å². The summed E-state index contributed by atoms with van der Waals surface area (Å²) in [4.78, 5) is 1.25. The monoisotopic (exact) mass is 264 g/mol. The molecule has 0 spiro atoms. The Kier molecular flexibility index (Phi) is 4.56. The molecule has 0 aliphatic carbocycles. The molecule has 0 unspecified atom stereocenters. The van der Waals surface area contributed by atoms with Crippen LogP contribution in [0.25, 0.3) is 0 Å². The number of rotatable bonds is 4. The van der Waals surface area contributed by atoms with Gasteiger partial charge in [0.1, 0.15) is 5.82 Å². The second-order valence-electron chi connectivity index (χ2n) is 4.25. The Morgan fingerprint density at radius 3 is 2.44 bits per heavy atom. The smallest absolute Gasteiger partial charge is 0.372 e. The highest BCUT2D eigenvalue weighted by atomic mass is 19.4. The molecular weight excluding hydrogens is 248 g/mol. The molecule has 102 valence electrons. The summed E-state index contributed by atoms with van der Waals surface area (Å²) in [6.45, 7) is 1.36. The van der Waals surface area contributed by atoms with Gasteiger partial charge < -0.3 is 10.6 Å². The lowest BCUT2D eigenvalue weighted by atomic mass is 10.1. The van der Waals surface area contributed by atoms with Crippen LogP contribution in [0.4, 0.5) is 23.2 Å². The van der Waals surface area contributed by atoms with Crippen molar-refractivity contribution < 1.29 is 17.6 Å². The Morgan fingerprint density at radius 1 is 1.33 bits per heavy atom. The first kappa shape index (κ1) is 14.8. The minimum Gasteiger partial charge on any atom is -0.372 e. The Balaban J connectivity index is 2.94.